The minimum atomic E-state index is -0.321. The van der Waals surface area contributed by atoms with Gasteiger partial charge in [0.25, 0.3) is 0 Å². The van der Waals surface area contributed by atoms with E-state index in [0.29, 0.717) is 24.3 Å². The van der Waals surface area contributed by atoms with E-state index in [-0.39, 0.29) is 29.9 Å². The third-order valence-electron chi connectivity index (χ3n) is 5.25. The summed E-state index contributed by atoms with van der Waals surface area (Å²) in [6.07, 6.45) is 5.23. The number of hydrogen-bond acceptors (Lipinski definition) is 3. The van der Waals surface area contributed by atoms with E-state index in [1.54, 1.807) is 30.6 Å². The number of rotatable bonds is 4. The number of halogens is 2. The Hall–Kier alpha value is -3.15. The fourth-order valence-electron chi connectivity index (χ4n) is 3.82. The van der Waals surface area contributed by atoms with E-state index in [1.807, 2.05) is 11.0 Å². The van der Waals surface area contributed by atoms with E-state index < -0.39 is 0 Å². The van der Waals surface area contributed by atoms with Gasteiger partial charge in [0.15, 0.2) is 0 Å². The van der Waals surface area contributed by atoms with Crippen molar-refractivity contribution in [3.8, 4) is 11.3 Å². The van der Waals surface area contributed by atoms with Gasteiger partial charge in [-0.25, -0.2) is 8.78 Å². The summed E-state index contributed by atoms with van der Waals surface area (Å²) < 4.78 is 26.8. The maximum Gasteiger partial charge on any atom is 0.227 e. The highest BCUT2D eigenvalue weighted by Gasteiger charge is 2.28. The number of benzene rings is 2. The Morgan fingerprint density at radius 3 is 2.62 bits per heavy atom. The highest BCUT2D eigenvalue weighted by Crippen LogP contribution is 2.32. The van der Waals surface area contributed by atoms with Crippen LogP contribution in [0.2, 0.25) is 0 Å². The van der Waals surface area contributed by atoms with Crippen LogP contribution in [0.15, 0.2) is 60.9 Å². The molecule has 3 aromatic rings. The Morgan fingerprint density at radius 1 is 1.03 bits per heavy atom. The number of amides is 1. The molecular formula is C23H21F2N3O. The summed E-state index contributed by atoms with van der Waals surface area (Å²) in [5.74, 6) is -0.587. The summed E-state index contributed by atoms with van der Waals surface area (Å²) in [6, 6.07) is 12.3. The van der Waals surface area contributed by atoms with Crippen LogP contribution in [0.1, 0.15) is 30.0 Å². The van der Waals surface area contributed by atoms with Gasteiger partial charge in [-0.15, -0.1) is 0 Å². The molecule has 1 unspecified atom stereocenters. The van der Waals surface area contributed by atoms with Gasteiger partial charge in [0.05, 0.1) is 17.8 Å². The summed E-state index contributed by atoms with van der Waals surface area (Å²) in [7, 11) is 0. The van der Waals surface area contributed by atoms with E-state index in [2.05, 4.69) is 9.97 Å². The lowest BCUT2D eigenvalue weighted by Gasteiger charge is -2.33. The number of hydrogen-bond donors (Lipinski definition) is 0. The SMILES string of the molecule is O=C(Cc1ccc(F)cc1)N1CCCC(c2nccnc2-c2cccc(F)c2)C1. The second-order valence-electron chi connectivity index (χ2n) is 7.28. The molecule has 1 amide bonds. The van der Waals surface area contributed by atoms with Crippen molar-refractivity contribution in [3.63, 3.8) is 0 Å². The van der Waals surface area contributed by atoms with Gasteiger partial charge < -0.3 is 4.90 Å². The molecule has 6 heteroatoms. The third-order valence-corrected chi connectivity index (χ3v) is 5.25. The van der Waals surface area contributed by atoms with Crippen LogP contribution >= 0.6 is 0 Å². The fraction of sp³-hybridized carbons (Fsp3) is 0.261. The number of aromatic nitrogens is 2. The maximum absolute atomic E-state index is 13.7. The minimum Gasteiger partial charge on any atom is -0.342 e. The molecule has 4 rings (SSSR count). The van der Waals surface area contributed by atoms with Crippen molar-refractivity contribution in [2.45, 2.75) is 25.2 Å². The molecule has 4 nitrogen and oxygen atoms in total. The smallest absolute Gasteiger partial charge is 0.227 e. The van der Waals surface area contributed by atoms with Gasteiger partial charge >= 0.3 is 0 Å². The summed E-state index contributed by atoms with van der Waals surface area (Å²) in [6.45, 7) is 1.23. The van der Waals surface area contributed by atoms with Crippen LogP contribution in [0.3, 0.4) is 0 Å². The predicted octanol–water partition coefficient (Wildman–Crippen LogP) is 4.37. The quantitative estimate of drug-likeness (QED) is 0.661. The highest BCUT2D eigenvalue weighted by atomic mass is 19.1. The normalized spacial score (nSPS) is 16.6. The van der Waals surface area contributed by atoms with Gasteiger partial charge in [0.2, 0.25) is 5.91 Å². The number of carbonyl (C=O) groups excluding carboxylic acids is 1. The molecule has 0 aliphatic carbocycles. The van der Waals surface area contributed by atoms with Crippen LogP contribution in [0.5, 0.6) is 0 Å². The first kappa shape index (κ1) is 19.2. The summed E-state index contributed by atoms with van der Waals surface area (Å²) in [4.78, 5) is 23.6. The zero-order valence-electron chi connectivity index (χ0n) is 15.9. The predicted molar refractivity (Wildman–Crippen MR) is 106 cm³/mol. The Kier molecular flexibility index (Phi) is 5.60. The van der Waals surface area contributed by atoms with E-state index in [1.165, 1.54) is 24.3 Å². The van der Waals surface area contributed by atoms with Crippen molar-refractivity contribution >= 4 is 5.91 Å². The molecule has 0 bridgehead atoms. The molecule has 1 aliphatic rings. The van der Waals surface area contributed by atoms with E-state index in [0.717, 1.165) is 24.1 Å². The van der Waals surface area contributed by atoms with Gasteiger partial charge in [-0.2, -0.15) is 0 Å². The Labute approximate surface area is 168 Å². The topological polar surface area (TPSA) is 46.1 Å². The first-order valence-corrected chi connectivity index (χ1v) is 9.69. The van der Waals surface area contributed by atoms with Crippen molar-refractivity contribution in [2.75, 3.05) is 13.1 Å². The summed E-state index contributed by atoms with van der Waals surface area (Å²) in [5, 5.41) is 0. The molecule has 0 radical (unpaired) electrons. The van der Waals surface area contributed by atoms with Gasteiger partial charge in [-0.1, -0.05) is 24.3 Å². The monoisotopic (exact) mass is 393 g/mol. The van der Waals surface area contributed by atoms with Crippen LogP contribution in [0.4, 0.5) is 8.78 Å². The van der Waals surface area contributed by atoms with Gasteiger partial charge in [-0.3, -0.25) is 14.8 Å². The second-order valence-corrected chi connectivity index (χ2v) is 7.28. The Morgan fingerprint density at radius 2 is 1.83 bits per heavy atom. The van der Waals surface area contributed by atoms with Crippen molar-refractivity contribution in [2.24, 2.45) is 0 Å². The zero-order valence-corrected chi connectivity index (χ0v) is 15.9. The molecule has 1 fully saturated rings. The lowest BCUT2D eigenvalue weighted by atomic mass is 9.91. The molecule has 0 spiro atoms. The molecule has 1 aliphatic heterocycles. The van der Waals surface area contributed by atoms with E-state index in [4.69, 9.17) is 0 Å². The maximum atomic E-state index is 13.7. The summed E-state index contributed by atoms with van der Waals surface area (Å²) in [5.41, 5.74) is 2.92. The van der Waals surface area contributed by atoms with Crippen molar-refractivity contribution < 1.29 is 13.6 Å². The van der Waals surface area contributed by atoms with Crippen LogP contribution in [0, 0.1) is 11.6 Å². The lowest BCUT2D eigenvalue weighted by Crippen LogP contribution is -2.40. The van der Waals surface area contributed by atoms with Gasteiger partial charge in [-0.05, 0) is 42.7 Å². The molecule has 2 heterocycles. The van der Waals surface area contributed by atoms with Gasteiger partial charge in [0.1, 0.15) is 11.6 Å². The van der Waals surface area contributed by atoms with E-state index >= 15 is 0 Å². The average molecular weight is 393 g/mol. The molecule has 148 valence electrons. The Balaban J connectivity index is 1.53. The summed E-state index contributed by atoms with van der Waals surface area (Å²) >= 11 is 0. The number of nitrogens with zero attached hydrogens (tertiary/aromatic N) is 3. The highest BCUT2D eigenvalue weighted by molar-refractivity contribution is 5.79. The van der Waals surface area contributed by atoms with Crippen molar-refractivity contribution in [1.29, 1.82) is 0 Å². The molecule has 29 heavy (non-hydrogen) atoms. The lowest BCUT2D eigenvalue weighted by molar-refractivity contribution is -0.131. The molecule has 1 saturated heterocycles. The van der Waals surface area contributed by atoms with Crippen LogP contribution in [-0.4, -0.2) is 33.9 Å². The number of carbonyl (C=O) groups is 1. The van der Waals surface area contributed by atoms with E-state index in [9.17, 15) is 13.6 Å². The minimum absolute atomic E-state index is 0.0116. The average Bonchev–Trinajstić information content (AvgIpc) is 2.75. The van der Waals surface area contributed by atoms with Crippen LogP contribution in [-0.2, 0) is 11.2 Å². The largest absolute Gasteiger partial charge is 0.342 e. The standard InChI is InChI=1S/C23H21F2N3O/c24-19-8-6-16(7-9-19)13-21(29)28-12-2-4-18(15-28)23-22(26-10-11-27-23)17-3-1-5-20(25)14-17/h1,3,5-11,14,18H,2,4,12-13,15H2. The molecular weight excluding hydrogens is 372 g/mol. The Bertz CT molecular complexity index is 1010. The first-order chi connectivity index (χ1) is 14.1. The first-order valence-electron chi connectivity index (χ1n) is 9.69. The van der Waals surface area contributed by atoms with Crippen LogP contribution < -0.4 is 0 Å². The van der Waals surface area contributed by atoms with Crippen LogP contribution in [0.25, 0.3) is 11.3 Å². The number of likely N-dealkylation sites (tertiary alicyclic amines) is 1. The molecule has 0 N–H and O–H groups in total. The zero-order chi connectivity index (χ0) is 20.2. The van der Waals surface area contributed by atoms with Gasteiger partial charge in [0, 0.05) is 37.0 Å². The second kappa shape index (κ2) is 8.47. The molecule has 2 aromatic carbocycles. The van der Waals surface area contributed by atoms with Crippen molar-refractivity contribution in [3.05, 3.63) is 83.8 Å². The molecule has 1 aromatic heterocycles. The molecule has 1 atom stereocenters. The fourth-order valence-corrected chi connectivity index (χ4v) is 3.82. The number of piperidine rings is 1. The van der Waals surface area contributed by atoms with Crippen molar-refractivity contribution in [1.82, 2.24) is 14.9 Å². The third kappa shape index (κ3) is 4.47. The molecule has 0 saturated carbocycles.